The van der Waals surface area contributed by atoms with E-state index in [1.165, 1.54) is 0 Å². The predicted molar refractivity (Wildman–Crippen MR) is 124 cm³/mol. The van der Waals surface area contributed by atoms with Crippen LogP contribution in [0.4, 0.5) is 24.5 Å². The van der Waals surface area contributed by atoms with Crippen molar-refractivity contribution >= 4 is 23.2 Å². The highest BCUT2D eigenvalue weighted by Crippen LogP contribution is 2.43. The Balaban J connectivity index is 1.74. The molecule has 2 aromatic carbocycles. The molecule has 1 aliphatic heterocycles. The fourth-order valence-corrected chi connectivity index (χ4v) is 4.42. The van der Waals surface area contributed by atoms with Gasteiger partial charge in [0.15, 0.2) is 0 Å². The molecule has 4 rings (SSSR count). The molecule has 3 aromatic rings. The Morgan fingerprint density at radius 1 is 1.03 bits per heavy atom. The van der Waals surface area contributed by atoms with Crippen LogP contribution in [0.25, 0.3) is 0 Å². The largest absolute Gasteiger partial charge is 0.433 e. The highest BCUT2D eigenvalue weighted by Gasteiger charge is 2.39. The van der Waals surface area contributed by atoms with E-state index in [-0.39, 0.29) is 23.6 Å². The van der Waals surface area contributed by atoms with E-state index in [0.717, 1.165) is 29.6 Å². The molecule has 34 heavy (non-hydrogen) atoms. The van der Waals surface area contributed by atoms with Crippen LogP contribution >= 0.6 is 0 Å². The highest BCUT2D eigenvalue weighted by atomic mass is 19.4. The minimum Gasteiger partial charge on any atom is -0.305 e. The summed E-state index contributed by atoms with van der Waals surface area (Å²) in [5.41, 5.74) is 1.22. The van der Waals surface area contributed by atoms with Gasteiger partial charge in [0.1, 0.15) is 5.69 Å². The average Bonchev–Trinajstić information content (AvgIpc) is 2.84. The van der Waals surface area contributed by atoms with Gasteiger partial charge in [0.05, 0.1) is 11.6 Å². The fourth-order valence-electron chi connectivity index (χ4n) is 4.42. The maximum Gasteiger partial charge on any atom is 0.433 e. The van der Waals surface area contributed by atoms with Crippen molar-refractivity contribution in [2.75, 3.05) is 9.80 Å². The van der Waals surface area contributed by atoms with Crippen LogP contribution in [0, 0.1) is 0 Å². The number of nitrogens with zero attached hydrogens (tertiary/aromatic N) is 3. The molecule has 1 aliphatic rings. The number of alkyl halides is 3. The van der Waals surface area contributed by atoms with Crippen molar-refractivity contribution in [2.24, 2.45) is 0 Å². The maximum atomic E-state index is 13.4. The number of pyridine rings is 1. The topological polar surface area (TPSA) is 53.5 Å². The van der Waals surface area contributed by atoms with Crippen LogP contribution in [0.3, 0.4) is 0 Å². The average molecular weight is 467 g/mol. The molecule has 2 amide bonds. The second-order valence-electron chi connectivity index (χ2n) is 8.22. The van der Waals surface area contributed by atoms with E-state index < -0.39 is 17.8 Å². The van der Waals surface area contributed by atoms with Crippen LogP contribution in [0.1, 0.15) is 54.3 Å². The van der Waals surface area contributed by atoms with Crippen molar-refractivity contribution in [3.8, 4) is 0 Å². The van der Waals surface area contributed by atoms with Crippen LogP contribution in [0.15, 0.2) is 72.9 Å². The second-order valence-corrected chi connectivity index (χ2v) is 8.22. The normalized spacial score (nSPS) is 17.7. The summed E-state index contributed by atoms with van der Waals surface area (Å²) in [6, 6.07) is 18.1. The summed E-state index contributed by atoms with van der Waals surface area (Å²) < 4.78 is 38.7. The van der Waals surface area contributed by atoms with Crippen LogP contribution < -0.4 is 9.80 Å². The van der Waals surface area contributed by atoms with Gasteiger partial charge in [-0.15, -0.1) is 0 Å². The van der Waals surface area contributed by atoms with Crippen LogP contribution in [-0.2, 0) is 11.0 Å². The first kappa shape index (κ1) is 23.5. The molecule has 176 valence electrons. The van der Waals surface area contributed by atoms with Crippen LogP contribution in [0.5, 0.6) is 0 Å². The molecule has 0 radical (unpaired) electrons. The molecule has 5 nitrogen and oxygen atoms in total. The van der Waals surface area contributed by atoms with Gasteiger partial charge in [0, 0.05) is 30.0 Å². The molecule has 0 spiro atoms. The van der Waals surface area contributed by atoms with Gasteiger partial charge in [-0.25, -0.2) is 0 Å². The molecular weight excluding hydrogens is 443 g/mol. The number of carbonyl (C=O) groups is 2. The third-order valence-corrected chi connectivity index (χ3v) is 6.00. The lowest BCUT2D eigenvalue weighted by atomic mass is 9.89. The predicted octanol–water partition coefficient (Wildman–Crippen LogP) is 6.02. The fraction of sp³-hybridized carbons (Fsp3) is 0.269. The number of anilines is 2. The van der Waals surface area contributed by atoms with Gasteiger partial charge >= 0.3 is 6.18 Å². The van der Waals surface area contributed by atoms with Crippen molar-refractivity contribution in [3.63, 3.8) is 0 Å². The van der Waals surface area contributed by atoms with Crippen molar-refractivity contribution in [2.45, 2.75) is 44.9 Å². The maximum absolute atomic E-state index is 13.4. The number of para-hydroxylation sites is 2. The minimum atomic E-state index is -4.58. The third-order valence-electron chi connectivity index (χ3n) is 6.00. The van der Waals surface area contributed by atoms with E-state index in [1.807, 2.05) is 56.3 Å². The highest BCUT2D eigenvalue weighted by molar-refractivity contribution is 6.07. The van der Waals surface area contributed by atoms with Gasteiger partial charge in [-0.2, -0.15) is 13.2 Å². The summed E-state index contributed by atoms with van der Waals surface area (Å²) in [5.74, 6) is -0.474. The van der Waals surface area contributed by atoms with Gasteiger partial charge in [-0.3, -0.25) is 14.6 Å². The smallest absolute Gasteiger partial charge is 0.305 e. The zero-order chi connectivity index (χ0) is 24.5. The second kappa shape index (κ2) is 9.29. The van der Waals surface area contributed by atoms with Crippen molar-refractivity contribution < 1.29 is 22.8 Å². The van der Waals surface area contributed by atoms with E-state index in [9.17, 15) is 22.8 Å². The lowest BCUT2D eigenvalue weighted by Gasteiger charge is -2.43. The molecule has 0 saturated heterocycles. The Labute approximate surface area is 195 Å². The molecule has 0 N–H and O–H groups in total. The van der Waals surface area contributed by atoms with Crippen LogP contribution in [0.2, 0.25) is 0 Å². The Morgan fingerprint density at radius 2 is 1.71 bits per heavy atom. The van der Waals surface area contributed by atoms with Crippen molar-refractivity contribution in [1.29, 1.82) is 0 Å². The third kappa shape index (κ3) is 4.40. The first-order valence-electron chi connectivity index (χ1n) is 11.0. The number of benzene rings is 2. The Morgan fingerprint density at radius 3 is 2.32 bits per heavy atom. The molecule has 8 heteroatoms. The van der Waals surface area contributed by atoms with E-state index in [1.54, 1.807) is 21.9 Å². The summed E-state index contributed by atoms with van der Waals surface area (Å²) in [7, 11) is 0. The molecule has 0 bridgehead atoms. The first-order chi connectivity index (χ1) is 16.2. The van der Waals surface area contributed by atoms with Crippen molar-refractivity contribution in [3.05, 3.63) is 89.7 Å². The van der Waals surface area contributed by atoms with Gasteiger partial charge in [0.25, 0.3) is 5.91 Å². The SMILES string of the molecule is CCC(=O)N(c1ccccc1)C1CC(C)N(C(=O)c2ccc(C(F)(F)F)nc2)c2ccccc21. The summed E-state index contributed by atoms with van der Waals surface area (Å²) in [6.45, 7) is 3.68. The number of rotatable bonds is 4. The van der Waals surface area contributed by atoms with E-state index in [2.05, 4.69) is 4.98 Å². The van der Waals surface area contributed by atoms with Gasteiger partial charge < -0.3 is 9.80 Å². The summed E-state index contributed by atoms with van der Waals surface area (Å²) in [4.78, 5) is 33.2. The lowest BCUT2D eigenvalue weighted by Crippen LogP contribution is -2.47. The molecule has 0 fully saturated rings. The lowest BCUT2D eigenvalue weighted by molar-refractivity contribution is -0.141. The van der Waals surface area contributed by atoms with Gasteiger partial charge in [-0.05, 0) is 49.2 Å². The van der Waals surface area contributed by atoms with Gasteiger partial charge in [-0.1, -0.05) is 43.3 Å². The number of hydrogen-bond donors (Lipinski definition) is 0. The molecule has 2 unspecified atom stereocenters. The molecule has 1 aromatic heterocycles. The minimum absolute atomic E-state index is 0.0371. The number of carbonyl (C=O) groups excluding carboxylic acids is 2. The Kier molecular flexibility index (Phi) is 6.41. The molecule has 0 aliphatic carbocycles. The van der Waals surface area contributed by atoms with E-state index in [4.69, 9.17) is 0 Å². The quantitative estimate of drug-likeness (QED) is 0.471. The molecular formula is C26H24F3N3O2. The molecule has 2 atom stereocenters. The Bertz CT molecular complexity index is 1180. The Hall–Kier alpha value is -3.68. The zero-order valence-electron chi connectivity index (χ0n) is 18.8. The molecule has 2 heterocycles. The molecule has 0 saturated carbocycles. The number of aromatic nitrogens is 1. The summed E-state index contributed by atoms with van der Waals surface area (Å²) in [6.07, 6.45) is -2.82. The summed E-state index contributed by atoms with van der Waals surface area (Å²) >= 11 is 0. The van der Waals surface area contributed by atoms with Crippen LogP contribution in [-0.4, -0.2) is 22.8 Å². The standard InChI is InChI=1S/C26H24F3N3O2/c1-3-24(33)32(19-9-5-4-6-10-19)22-15-17(2)31(21-12-8-7-11-20(21)22)25(34)18-13-14-23(30-16-18)26(27,28)29/h4-14,16-17,22H,3,15H2,1-2H3. The van der Waals surface area contributed by atoms with E-state index >= 15 is 0 Å². The van der Waals surface area contributed by atoms with E-state index in [0.29, 0.717) is 18.5 Å². The summed E-state index contributed by atoms with van der Waals surface area (Å²) in [5, 5.41) is 0. The zero-order valence-corrected chi connectivity index (χ0v) is 18.8. The first-order valence-corrected chi connectivity index (χ1v) is 11.0. The van der Waals surface area contributed by atoms with Gasteiger partial charge in [0.2, 0.25) is 5.91 Å². The number of hydrogen-bond acceptors (Lipinski definition) is 3. The van der Waals surface area contributed by atoms with Crippen molar-refractivity contribution in [1.82, 2.24) is 4.98 Å². The number of amides is 2. The number of halogens is 3. The number of fused-ring (bicyclic) bond motifs is 1. The monoisotopic (exact) mass is 467 g/mol.